The first-order valence-electron chi connectivity index (χ1n) is 5.27. The summed E-state index contributed by atoms with van der Waals surface area (Å²) in [6.07, 6.45) is 2.46. The van der Waals surface area contributed by atoms with Crippen LogP contribution in [-0.4, -0.2) is 46.9 Å². The van der Waals surface area contributed by atoms with Gasteiger partial charge in [-0.15, -0.1) is 0 Å². The van der Waals surface area contributed by atoms with E-state index < -0.39 is 5.82 Å². The van der Waals surface area contributed by atoms with Gasteiger partial charge in [-0.25, -0.2) is 4.39 Å². The molecule has 0 N–H and O–H groups in total. The number of hydrogen-bond donors (Lipinski definition) is 0. The Labute approximate surface area is 107 Å². The first-order chi connectivity index (χ1) is 8.22. The number of halogens is 2. The average molecular weight is 303 g/mol. The molecular formula is C11H12BrFN2O2. The Morgan fingerprint density at radius 2 is 2.47 bits per heavy atom. The van der Waals surface area contributed by atoms with Gasteiger partial charge in [0.1, 0.15) is 5.82 Å². The van der Waals surface area contributed by atoms with E-state index in [-0.39, 0.29) is 17.5 Å². The fourth-order valence-electron chi connectivity index (χ4n) is 1.74. The highest BCUT2D eigenvalue weighted by Gasteiger charge is 2.27. The molecule has 0 aliphatic carbocycles. The third-order valence-corrected chi connectivity index (χ3v) is 3.37. The van der Waals surface area contributed by atoms with Crippen molar-refractivity contribution in [1.29, 1.82) is 0 Å². The van der Waals surface area contributed by atoms with Gasteiger partial charge in [0.25, 0.3) is 5.91 Å². The summed E-state index contributed by atoms with van der Waals surface area (Å²) in [7, 11) is 0. The Morgan fingerprint density at radius 3 is 3.18 bits per heavy atom. The van der Waals surface area contributed by atoms with Crippen LogP contribution >= 0.6 is 15.9 Å². The Bertz CT molecular complexity index is 416. The van der Waals surface area contributed by atoms with Crippen molar-refractivity contribution in [3.8, 4) is 0 Å². The summed E-state index contributed by atoms with van der Waals surface area (Å²) in [6, 6.07) is 1.19. The Hall–Kier alpha value is -1.01. The van der Waals surface area contributed by atoms with Crippen LogP contribution in [-0.2, 0) is 4.74 Å². The number of carbonyl (C=O) groups excluding carboxylic acids is 1. The SMILES string of the molecule is O=C(c1cncc(F)c1)N1CCOCC1CBr. The third kappa shape index (κ3) is 2.81. The van der Waals surface area contributed by atoms with Crippen molar-refractivity contribution in [1.82, 2.24) is 9.88 Å². The normalized spacial score (nSPS) is 20.4. The van der Waals surface area contributed by atoms with Gasteiger partial charge in [-0.1, -0.05) is 15.9 Å². The van der Waals surface area contributed by atoms with Gasteiger partial charge in [0.2, 0.25) is 0 Å². The van der Waals surface area contributed by atoms with Gasteiger partial charge in [0.05, 0.1) is 31.0 Å². The van der Waals surface area contributed by atoms with Crippen LogP contribution < -0.4 is 0 Å². The van der Waals surface area contributed by atoms with Crippen molar-refractivity contribution < 1.29 is 13.9 Å². The number of rotatable bonds is 2. The molecule has 0 bridgehead atoms. The molecule has 1 aliphatic heterocycles. The van der Waals surface area contributed by atoms with Gasteiger partial charge in [0.15, 0.2) is 0 Å². The third-order valence-electron chi connectivity index (χ3n) is 2.62. The first-order valence-corrected chi connectivity index (χ1v) is 6.39. The van der Waals surface area contributed by atoms with Crippen LogP contribution in [0.25, 0.3) is 0 Å². The van der Waals surface area contributed by atoms with Crippen molar-refractivity contribution in [2.24, 2.45) is 0 Å². The molecule has 0 spiro atoms. The van der Waals surface area contributed by atoms with Gasteiger partial charge in [-0.05, 0) is 6.07 Å². The Balaban J connectivity index is 2.18. The van der Waals surface area contributed by atoms with Gasteiger partial charge >= 0.3 is 0 Å². The molecule has 1 atom stereocenters. The predicted molar refractivity (Wildman–Crippen MR) is 63.6 cm³/mol. The standard InChI is InChI=1S/C11H12BrFN2O2/c12-4-10-7-17-2-1-15(10)11(16)8-3-9(13)6-14-5-8/h3,5-6,10H,1-2,4,7H2. The number of amides is 1. The fraction of sp³-hybridized carbons (Fsp3) is 0.455. The molecule has 1 unspecified atom stereocenters. The highest BCUT2D eigenvalue weighted by Crippen LogP contribution is 2.14. The van der Waals surface area contributed by atoms with E-state index in [2.05, 4.69) is 20.9 Å². The molecule has 4 nitrogen and oxygen atoms in total. The van der Waals surface area contributed by atoms with Crippen molar-refractivity contribution >= 4 is 21.8 Å². The minimum atomic E-state index is -0.500. The average Bonchev–Trinajstić information content (AvgIpc) is 2.38. The number of aromatic nitrogens is 1. The largest absolute Gasteiger partial charge is 0.377 e. The number of nitrogens with zero attached hydrogens (tertiary/aromatic N) is 2. The molecule has 1 fully saturated rings. The Morgan fingerprint density at radius 1 is 1.65 bits per heavy atom. The van der Waals surface area contributed by atoms with E-state index in [0.29, 0.717) is 25.1 Å². The van der Waals surface area contributed by atoms with Crippen LogP contribution in [0.5, 0.6) is 0 Å². The lowest BCUT2D eigenvalue weighted by atomic mass is 10.2. The molecule has 1 aromatic heterocycles. The lowest BCUT2D eigenvalue weighted by Gasteiger charge is -2.34. The number of hydrogen-bond acceptors (Lipinski definition) is 3. The van der Waals surface area contributed by atoms with Crippen LogP contribution in [0.2, 0.25) is 0 Å². The van der Waals surface area contributed by atoms with Gasteiger partial charge < -0.3 is 9.64 Å². The van der Waals surface area contributed by atoms with Crippen molar-refractivity contribution in [2.45, 2.75) is 6.04 Å². The van der Waals surface area contributed by atoms with E-state index >= 15 is 0 Å². The summed E-state index contributed by atoms with van der Waals surface area (Å²) < 4.78 is 18.3. The lowest BCUT2D eigenvalue weighted by molar-refractivity contribution is 0.00520. The number of ether oxygens (including phenoxy) is 1. The molecule has 92 valence electrons. The van der Waals surface area contributed by atoms with Crippen LogP contribution in [0, 0.1) is 5.82 Å². The number of pyridine rings is 1. The zero-order valence-corrected chi connectivity index (χ0v) is 10.7. The lowest BCUT2D eigenvalue weighted by Crippen LogP contribution is -2.49. The summed E-state index contributed by atoms with van der Waals surface area (Å²) in [6.45, 7) is 1.53. The van der Waals surface area contributed by atoms with E-state index in [1.807, 2.05) is 0 Å². The second-order valence-corrected chi connectivity index (χ2v) is 4.42. The quantitative estimate of drug-likeness (QED) is 0.777. The molecule has 0 saturated carbocycles. The summed E-state index contributed by atoms with van der Waals surface area (Å²) >= 11 is 3.34. The zero-order chi connectivity index (χ0) is 12.3. The van der Waals surface area contributed by atoms with E-state index in [4.69, 9.17) is 4.74 Å². The highest BCUT2D eigenvalue weighted by molar-refractivity contribution is 9.09. The predicted octanol–water partition coefficient (Wildman–Crippen LogP) is 1.46. The second kappa shape index (κ2) is 5.55. The molecule has 0 radical (unpaired) electrons. The van der Waals surface area contributed by atoms with E-state index in [1.54, 1.807) is 4.90 Å². The monoisotopic (exact) mass is 302 g/mol. The van der Waals surface area contributed by atoms with Gasteiger partial charge in [-0.3, -0.25) is 9.78 Å². The van der Waals surface area contributed by atoms with Crippen molar-refractivity contribution in [3.63, 3.8) is 0 Å². The molecule has 1 saturated heterocycles. The van der Waals surface area contributed by atoms with Gasteiger partial charge in [0, 0.05) is 18.1 Å². The maximum absolute atomic E-state index is 13.0. The van der Waals surface area contributed by atoms with Crippen molar-refractivity contribution in [3.05, 3.63) is 29.8 Å². The second-order valence-electron chi connectivity index (χ2n) is 3.77. The minimum absolute atomic E-state index is 0.0143. The summed E-state index contributed by atoms with van der Waals surface area (Å²) in [5.74, 6) is -0.704. The van der Waals surface area contributed by atoms with Crippen molar-refractivity contribution in [2.75, 3.05) is 25.1 Å². The molecule has 2 rings (SSSR count). The topological polar surface area (TPSA) is 42.4 Å². The maximum Gasteiger partial charge on any atom is 0.255 e. The first kappa shape index (κ1) is 12.4. The van der Waals surface area contributed by atoms with E-state index in [0.717, 1.165) is 6.20 Å². The molecule has 1 amide bonds. The van der Waals surface area contributed by atoms with Crippen LogP contribution in [0.1, 0.15) is 10.4 Å². The van der Waals surface area contributed by atoms with Crippen LogP contribution in [0.15, 0.2) is 18.5 Å². The van der Waals surface area contributed by atoms with E-state index in [1.165, 1.54) is 12.3 Å². The summed E-state index contributed by atoms with van der Waals surface area (Å²) in [5, 5.41) is 0.640. The molecule has 1 aromatic rings. The number of morpholine rings is 1. The fourth-order valence-corrected chi connectivity index (χ4v) is 2.28. The van der Waals surface area contributed by atoms with Crippen LogP contribution in [0.3, 0.4) is 0 Å². The molecule has 0 aromatic carbocycles. The smallest absolute Gasteiger partial charge is 0.255 e. The summed E-state index contributed by atoms with van der Waals surface area (Å²) in [4.78, 5) is 17.5. The number of alkyl halides is 1. The highest BCUT2D eigenvalue weighted by atomic mass is 79.9. The Kier molecular flexibility index (Phi) is 4.06. The van der Waals surface area contributed by atoms with Gasteiger partial charge in [-0.2, -0.15) is 0 Å². The summed E-state index contributed by atoms with van der Waals surface area (Å²) in [5.41, 5.74) is 0.276. The van der Waals surface area contributed by atoms with E-state index in [9.17, 15) is 9.18 Å². The minimum Gasteiger partial charge on any atom is -0.377 e. The van der Waals surface area contributed by atoms with Crippen LogP contribution in [0.4, 0.5) is 4.39 Å². The maximum atomic E-state index is 13.0. The zero-order valence-electron chi connectivity index (χ0n) is 9.10. The number of carbonyl (C=O) groups is 1. The molecule has 1 aliphatic rings. The molecule has 2 heterocycles. The molecule has 17 heavy (non-hydrogen) atoms. The molecular weight excluding hydrogens is 291 g/mol. The molecule has 6 heteroatoms.